The number of hydrogen-bond acceptors (Lipinski definition) is 3. The van der Waals surface area contributed by atoms with E-state index in [4.69, 9.17) is 10.00 Å². The summed E-state index contributed by atoms with van der Waals surface area (Å²) in [6.45, 7) is 2.04. The molecule has 4 nitrogen and oxygen atoms in total. The highest BCUT2D eigenvalue weighted by molar-refractivity contribution is 5.95. The Morgan fingerprint density at radius 2 is 2.14 bits per heavy atom. The van der Waals surface area contributed by atoms with Crippen LogP contribution in [0.5, 0.6) is 5.75 Å². The number of carbonyl (C=O) groups is 1. The van der Waals surface area contributed by atoms with Crippen molar-refractivity contribution in [1.29, 1.82) is 5.26 Å². The minimum Gasteiger partial charge on any atom is -0.480 e. The molecule has 0 spiro atoms. The van der Waals surface area contributed by atoms with Crippen LogP contribution in [0.2, 0.25) is 0 Å². The highest BCUT2D eigenvalue weighted by atomic mass is 16.5. The molecule has 0 saturated carbocycles. The fraction of sp³-hybridized carbons (Fsp3) is 0.222. The second-order valence-electron chi connectivity index (χ2n) is 5.40. The third kappa shape index (κ3) is 2.79. The average Bonchev–Trinajstić information content (AvgIpc) is 2.54. The third-order valence-corrected chi connectivity index (χ3v) is 3.76. The van der Waals surface area contributed by atoms with Crippen molar-refractivity contribution in [1.82, 2.24) is 0 Å². The molecule has 1 atom stereocenters. The highest BCUT2D eigenvalue weighted by Gasteiger charge is 2.26. The van der Waals surface area contributed by atoms with E-state index in [0.29, 0.717) is 17.7 Å². The smallest absolute Gasteiger partial charge is 0.265 e. The number of amides is 1. The molecule has 2 aromatic rings. The number of rotatable bonds is 2. The zero-order valence-corrected chi connectivity index (χ0v) is 12.3. The molecule has 3 rings (SSSR count). The quantitative estimate of drug-likeness (QED) is 0.924. The van der Waals surface area contributed by atoms with E-state index in [-0.39, 0.29) is 5.91 Å². The molecule has 1 amide bonds. The molecule has 22 heavy (non-hydrogen) atoms. The Bertz CT molecular complexity index is 762. The fourth-order valence-corrected chi connectivity index (χ4v) is 2.60. The third-order valence-electron chi connectivity index (χ3n) is 3.76. The lowest BCUT2D eigenvalue weighted by Gasteiger charge is -2.25. The van der Waals surface area contributed by atoms with E-state index < -0.39 is 6.10 Å². The van der Waals surface area contributed by atoms with Crippen molar-refractivity contribution in [3.8, 4) is 11.8 Å². The van der Waals surface area contributed by atoms with Gasteiger partial charge in [-0.15, -0.1) is 0 Å². The first-order valence-corrected chi connectivity index (χ1v) is 7.23. The van der Waals surface area contributed by atoms with Gasteiger partial charge in [-0.3, -0.25) is 4.79 Å². The summed E-state index contributed by atoms with van der Waals surface area (Å²) in [6.07, 6.45) is 0.924. The Hall–Kier alpha value is -2.80. The number of benzene rings is 2. The van der Waals surface area contributed by atoms with Gasteiger partial charge in [-0.1, -0.05) is 29.8 Å². The van der Waals surface area contributed by atoms with E-state index >= 15 is 0 Å². The van der Waals surface area contributed by atoms with Crippen LogP contribution in [0.1, 0.15) is 23.1 Å². The van der Waals surface area contributed by atoms with Crippen molar-refractivity contribution in [2.75, 3.05) is 5.32 Å². The number of para-hydroxylation sites is 1. The number of hydrogen-bond donors (Lipinski definition) is 1. The standard InChI is InChI=1S/C18H16N2O2/c1-12-6-8-16-13(10-12)7-9-17(22-16)18(21)20-15-5-3-2-4-14(15)11-19/h2-6,8,10,17H,7,9H2,1H3,(H,20,21)/t17-/m0/s1. The minimum absolute atomic E-state index is 0.214. The molecule has 110 valence electrons. The zero-order valence-electron chi connectivity index (χ0n) is 12.3. The van der Waals surface area contributed by atoms with Crippen LogP contribution in [0.4, 0.5) is 5.69 Å². The van der Waals surface area contributed by atoms with E-state index in [2.05, 4.69) is 17.5 Å². The van der Waals surface area contributed by atoms with E-state index in [1.807, 2.05) is 19.1 Å². The fourth-order valence-electron chi connectivity index (χ4n) is 2.60. The normalized spacial score (nSPS) is 16.1. The minimum atomic E-state index is -0.526. The maximum absolute atomic E-state index is 12.4. The summed E-state index contributed by atoms with van der Waals surface area (Å²) in [5.74, 6) is 0.555. The lowest BCUT2D eigenvalue weighted by molar-refractivity contribution is -0.123. The van der Waals surface area contributed by atoms with Crippen LogP contribution < -0.4 is 10.1 Å². The van der Waals surface area contributed by atoms with E-state index in [0.717, 1.165) is 17.7 Å². The van der Waals surface area contributed by atoms with Crippen LogP contribution in [0.15, 0.2) is 42.5 Å². The van der Waals surface area contributed by atoms with E-state index in [1.54, 1.807) is 24.3 Å². The molecule has 1 aliphatic heterocycles. The van der Waals surface area contributed by atoms with Gasteiger partial charge >= 0.3 is 0 Å². The lowest BCUT2D eigenvalue weighted by atomic mass is 10.00. The summed E-state index contributed by atoms with van der Waals surface area (Å²) in [5.41, 5.74) is 3.30. The summed E-state index contributed by atoms with van der Waals surface area (Å²) >= 11 is 0. The first kappa shape index (κ1) is 14.2. The van der Waals surface area contributed by atoms with Crippen molar-refractivity contribution in [3.05, 3.63) is 59.2 Å². The maximum Gasteiger partial charge on any atom is 0.265 e. The molecule has 1 N–H and O–H groups in total. The largest absolute Gasteiger partial charge is 0.480 e. The molecule has 1 aliphatic rings. The predicted octanol–water partition coefficient (Wildman–Crippen LogP) is 3.20. The number of nitrogens with one attached hydrogen (secondary N) is 1. The summed E-state index contributed by atoms with van der Waals surface area (Å²) in [6, 6.07) is 15.0. The molecular weight excluding hydrogens is 276 g/mol. The number of nitrogens with zero attached hydrogens (tertiary/aromatic N) is 1. The van der Waals surface area contributed by atoms with Gasteiger partial charge in [0.05, 0.1) is 11.3 Å². The Morgan fingerprint density at radius 1 is 1.32 bits per heavy atom. The summed E-state index contributed by atoms with van der Waals surface area (Å²) in [4.78, 5) is 12.4. The summed E-state index contributed by atoms with van der Waals surface area (Å²) in [5, 5.41) is 11.9. The molecule has 0 radical (unpaired) electrons. The number of carbonyl (C=O) groups excluding carboxylic acids is 1. The van der Waals surface area contributed by atoms with Crippen molar-refractivity contribution in [3.63, 3.8) is 0 Å². The van der Waals surface area contributed by atoms with Crippen molar-refractivity contribution >= 4 is 11.6 Å². The number of ether oxygens (including phenoxy) is 1. The molecule has 1 heterocycles. The van der Waals surface area contributed by atoms with Gasteiger partial charge in [-0.05, 0) is 43.5 Å². The predicted molar refractivity (Wildman–Crippen MR) is 83.7 cm³/mol. The van der Waals surface area contributed by atoms with Gasteiger partial charge in [0, 0.05) is 0 Å². The number of nitriles is 1. The molecule has 0 saturated heterocycles. The van der Waals surface area contributed by atoms with Crippen LogP contribution in [-0.4, -0.2) is 12.0 Å². The number of aryl methyl sites for hydroxylation is 2. The van der Waals surface area contributed by atoms with Gasteiger partial charge in [0.1, 0.15) is 11.8 Å². The average molecular weight is 292 g/mol. The topological polar surface area (TPSA) is 62.1 Å². The van der Waals surface area contributed by atoms with Gasteiger partial charge in [0.2, 0.25) is 0 Å². The molecule has 0 aliphatic carbocycles. The van der Waals surface area contributed by atoms with Gasteiger partial charge in [0.15, 0.2) is 6.10 Å². The van der Waals surface area contributed by atoms with Crippen molar-refractivity contribution in [2.24, 2.45) is 0 Å². The molecule has 0 bridgehead atoms. The Morgan fingerprint density at radius 3 is 2.95 bits per heavy atom. The van der Waals surface area contributed by atoms with E-state index in [9.17, 15) is 4.79 Å². The summed E-state index contributed by atoms with van der Waals surface area (Å²) < 4.78 is 5.80. The molecular formula is C18H16N2O2. The first-order chi connectivity index (χ1) is 10.7. The number of fused-ring (bicyclic) bond motifs is 1. The molecule has 0 unspecified atom stereocenters. The van der Waals surface area contributed by atoms with Gasteiger partial charge in [-0.25, -0.2) is 0 Å². The first-order valence-electron chi connectivity index (χ1n) is 7.23. The van der Waals surface area contributed by atoms with Crippen LogP contribution in [0, 0.1) is 18.3 Å². The second-order valence-corrected chi connectivity index (χ2v) is 5.40. The van der Waals surface area contributed by atoms with Crippen LogP contribution in [0.25, 0.3) is 0 Å². The Kier molecular flexibility index (Phi) is 3.80. The van der Waals surface area contributed by atoms with Gasteiger partial charge < -0.3 is 10.1 Å². The van der Waals surface area contributed by atoms with Gasteiger partial charge in [0.25, 0.3) is 5.91 Å². The van der Waals surface area contributed by atoms with E-state index in [1.165, 1.54) is 5.56 Å². The van der Waals surface area contributed by atoms with Crippen molar-refractivity contribution < 1.29 is 9.53 Å². The zero-order chi connectivity index (χ0) is 15.5. The molecule has 4 heteroatoms. The highest BCUT2D eigenvalue weighted by Crippen LogP contribution is 2.29. The monoisotopic (exact) mass is 292 g/mol. The molecule has 2 aromatic carbocycles. The molecule has 0 aromatic heterocycles. The molecule has 0 fully saturated rings. The SMILES string of the molecule is Cc1ccc2c(c1)CC[C@@H](C(=O)Nc1ccccc1C#N)O2. The maximum atomic E-state index is 12.4. The van der Waals surface area contributed by atoms with Crippen LogP contribution in [-0.2, 0) is 11.2 Å². The van der Waals surface area contributed by atoms with Crippen LogP contribution >= 0.6 is 0 Å². The van der Waals surface area contributed by atoms with Crippen LogP contribution in [0.3, 0.4) is 0 Å². The lowest BCUT2D eigenvalue weighted by Crippen LogP contribution is -2.36. The Balaban J connectivity index is 1.74. The van der Waals surface area contributed by atoms with Crippen molar-refractivity contribution in [2.45, 2.75) is 25.9 Å². The Labute approximate surface area is 129 Å². The number of anilines is 1. The van der Waals surface area contributed by atoms with Gasteiger partial charge in [-0.2, -0.15) is 5.26 Å². The summed E-state index contributed by atoms with van der Waals surface area (Å²) in [7, 11) is 0. The second kappa shape index (κ2) is 5.90.